The minimum atomic E-state index is -0.551. The number of aliphatic hydroxyl groups excluding tert-OH is 1. The third-order valence-corrected chi connectivity index (χ3v) is 3.18. The zero-order valence-corrected chi connectivity index (χ0v) is 12.4. The average molecular weight is 282 g/mol. The summed E-state index contributed by atoms with van der Waals surface area (Å²) in [6, 6.07) is 0. The summed E-state index contributed by atoms with van der Waals surface area (Å²) in [4.78, 5) is 13.5. The van der Waals surface area contributed by atoms with Crippen LogP contribution in [0.15, 0.2) is 6.20 Å². The maximum Gasteiger partial charge on any atom is 0.410 e. The third-order valence-electron chi connectivity index (χ3n) is 3.18. The fourth-order valence-electron chi connectivity index (χ4n) is 2.29. The van der Waals surface area contributed by atoms with E-state index in [-0.39, 0.29) is 12.0 Å². The molecule has 1 aromatic rings. The molecule has 1 N–H and O–H groups in total. The van der Waals surface area contributed by atoms with E-state index >= 15 is 0 Å². The number of aryl methyl sites for hydroxylation is 1. The van der Waals surface area contributed by atoms with Gasteiger partial charge in [-0.2, -0.15) is 0 Å². The van der Waals surface area contributed by atoms with Crippen LogP contribution in [0, 0.1) is 5.92 Å². The van der Waals surface area contributed by atoms with E-state index in [1.165, 1.54) is 0 Å². The SMILES string of the molecule is Cn1cc(C[C@@H]2CN(C(=O)OC(C)(C)C)C[C@H]2O)nn1. The van der Waals surface area contributed by atoms with E-state index in [1.807, 2.05) is 27.0 Å². The number of aliphatic hydroxyl groups is 1. The number of hydrogen-bond acceptors (Lipinski definition) is 5. The first-order valence-electron chi connectivity index (χ1n) is 6.76. The normalized spacial score (nSPS) is 23.1. The van der Waals surface area contributed by atoms with E-state index in [2.05, 4.69) is 10.3 Å². The number of ether oxygens (including phenoxy) is 1. The van der Waals surface area contributed by atoms with Crippen LogP contribution in [0.3, 0.4) is 0 Å². The molecule has 7 heteroatoms. The van der Waals surface area contributed by atoms with Gasteiger partial charge in [0.25, 0.3) is 0 Å². The van der Waals surface area contributed by atoms with Crippen LogP contribution < -0.4 is 0 Å². The summed E-state index contributed by atoms with van der Waals surface area (Å²) < 4.78 is 6.94. The number of carbonyl (C=O) groups is 1. The second-order valence-electron chi connectivity index (χ2n) is 6.30. The van der Waals surface area contributed by atoms with Crippen molar-refractivity contribution in [2.75, 3.05) is 13.1 Å². The molecule has 7 nitrogen and oxygen atoms in total. The number of nitrogens with zero attached hydrogens (tertiary/aromatic N) is 4. The molecular formula is C13H22N4O3. The molecule has 0 aromatic carbocycles. The minimum Gasteiger partial charge on any atom is -0.444 e. The fourth-order valence-corrected chi connectivity index (χ4v) is 2.29. The molecule has 1 fully saturated rings. The Morgan fingerprint density at radius 3 is 2.75 bits per heavy atom. The summed E-state index contributed by atoms with van der Waals surface area (Å²) in [6.07, 6.45) is 1.50. The van der Waals surface area contributed by atoms with Crippen molar-refractivity contribution < 1.29 is 14.6 Å². The van der Waals surface area contributed by atoms with Crippen LogP contribution >= 0.6 is 0 Å². The lowest BCUT2D eigenvalue weighted by atomic mass is 10.0. The largest absolute Gasteiger partial charge is 0.444 e. The van der Waals surface area contributed by atoms with E-state index in [4.69, 9.17) is 4.74 Å². The minimum absolute atomic E-state index is 0.0285. The van der Waals surface area contributed by atoms with Gasteiger partial charge in [0.05, 0.1) is 18.3 Å². The number of rotatable bonds is 2. The molecule has 0 aliphatic carbocycles. The van der Waals surface area contributed by atoms with E-state index in [0.717, 1.165) is 5.69 Å². The second kappa shape index (κ2) is 5.40. The Labute approximate surface area is 118 Å². The summed E-state index contributed by atoms with van der Waals surface area (Å²) in [5, 5.41) is 17.9. The van der Waals surface area contributed by atoms with Gasteiger partial charge in [0, 0.05) is 32.1 Å². The Bertz CT molecular complexity index is 480. The van der Waals surface area contributed by atoms with Crippen LogP contribution in [-0.4, -0.2) is 55.9 Å². The predicted octanol–water partition coefficient (Wildman–Crippen LogP) is 0.585. The van der Waals surface area contributed by atoms with Gasteiger partial charge < -0.3 is 14.7 Å². The predicted molar refractivity (Wildman–Crippen MR) is 72.0 cm³/mol. The van der Waals surface area contributed by atoms with Crippen molar-refractivity contribution in [1.82, 2.24) is 19.9 Å². The van der Waals surface area contributed by atoms with Gasteiger partial charge in [-0.05, 0) is 20.8 Å². The number of carbonyl (C=O) groups excluding carboxylic acids is 1. The highest BCUT2D eigenvalue weighted by molar-refractivity contribution is 5.68. The quantitative estimate of drug-likeness (QED) is 0.858. The zero-order valence-electron chi connectivity index (χ0n) is 12.4. The lowest BCUT2D eigenvalue weighted by Crippen LogP contribution is -2.35. The van der Waals surface area contributed by atoms with Crippen LogP contribution in [0.2, 0.25) is 0 Å². The number of β-amino-alcohol motifs (C(OH)–C–C–N with tert-alkyl or cyclic N) is 1. The molecule has 1 saturated heterocycles. The van der Waals surface area contributed by atoms with Gasteiger partial charge >= 0.3 is 6.09 Å². The summed E-state index contributed by atoms with van der Waals surface area (Å²) >= 11 is 0. The molecule has 0 spiro atoms. The monoisotopic (exact) mass is 282 g/mol. The number of hydrogen-bond donors (Lipinski definition) is 1. The first kappa shape index (κ1) is 14.8. The van der Waals surface area contributed by atoms with Gasteiger partial charge in [0.15, 0.2) is 0 Å². The van der Waals surface area contributed by atoms with E-state index < -0.39 is 11.7 Å². The maximum absolute atomic E-state index is 12.0. The average Bonchev–Trinajstić information content (AvgIpc) is 2.85. The highest BCUT2D eigenvalue weighted by Gasteiger charge is 2.36. The van der Waals surface area contributed by atoms with Crippen molar-refractivity contribution in [1.29, 1.82) is 0 Å². The maximum atomic E-state index is 12.0. The van der Waals surface area contributed by atoms with Crippen LogP contribution in [0.1, 0.15) is 26.5 Å². The molecule has 20 heavy (non-hydrogen) atoms. The summed E-state index contributed by atoms with van der Waals surface area (Å²) in [7, 11) is 1.80. The van der Waals surface area contributed by atoms with E-state index in [0.29, 0.717) is 19.5 Å². The Morgan fingerprint density at radius 1 is 1.50 bits per heavy atom. The summed E-state index contributed by atoms with van der Waals surface area (Å²) in [5.41, 5.74) is 0.299. The topological polar surface area (TPSA) is 80.5 Å². The molecule has 1 aliphatic heterocycles. The molecule has 2 atom stereocenters. The molecule has 0 radical (unpaired) electrons. The van der Waals surface area contributed by atoms with Crippen LogP contribution in [0.4, 0.5) is 4.79 Å². The first-order valence-corrected chi connectivity index (χ1v) is 6.76. The smallest absolute Gasteiger partial charge is 0.410 e. The molecule has 0 bridgehead atoms. The molecule has 1 aliphatic rings. The Balaban J connectivity index is 1.93. The van der Waals surface area contributed by atoms with Gasteiger partial charge in [0.1, 0.15) is 5.60 Å². The zero-order chi connectivity index (χ0) is 14.9. The van der Waals surface area contributed by atoms with Gasteiger partial charge in [-0.1, -0.05) is 5.21 Å². The number of aromatic nitrogens is 3. The molecule has 2 rings (SSSR count). The van der Waals surface area contributed by atoms with Crippen LogP contribution in [0.5, 0.6) is 0 Å². The van der Waals surface area contributed by atoms with E-state index in [9.17, 15) is 9.90 Å². The fraction of sp³-hybridized carbons (Fsp3) is 0.769. The standard InChI is InChI=1S/C13H22N4O3/c1-13(2,3)20-12(19)17-6-9(11(18)8-17)5-10-7-16(4)15-14-10/h7,9,11,18H,5-6,8H2,1-4H3/t9-,11-/m1/s1. The highest BCUT2D eigenvalue weighted by Crippen LogP contribution is 2.22. The molecular weight excluding hydrogens is 260 g/mol. The van der Waals surface area contributed by atoms with Crippen molar-refractivity contribution in [2.24, 2.45) is 13.0 Å². The number of likely N-dealkylation sites (tertiary alicyclic amines) is 1. The van der Waals surface area contributed by atoms with Crippen LogP contribution in [0.25, 0.3) is 0 Å². The Morgan fingerprint density at radius 2 is 2.20 bits per heavy atom. The molecule has 112 valence electrons. The van der Waals surface area contributed by atoms with Gasteiger partial charge in [-0.3, -0.25) is 4.68 Å². The second-order valence-corrected chi connectivity index (χ2v) is 6.30. The van der Waals surface area contributed by atoms with Crippen LogP contribution in [-0.2, 0) is 18.2 Å². The molecule has 1 amide bonds. The summed E-state index contributed by atoms with van der Waals surface area (Å²) in [5.74, 6) is -0.0285. The van der Waals surface area contributed by atoms with Crippen molar-refractivity contribution >= 4 is 6.09 Å². The highest BCUT2D eigenvalue weighted by atomic mass is 16.6. The molecule has 1 aromatic heterocycles. The van der Waals surface area contributed by atoms with Gasteiger partial charge in [0.2, 0.25) is 0 Å². The Hall–Kier alpha value is -1.63. The van der Waals surface area contributed by atoms with Crippen molar-refractivity contribution in [3.05, 3.63) is 11.9 Å². The third kappa shape index (κ3) is 3.69. The van der Waals surface area contributed by atoms with Crippen molar-refractivity contribution in [2.45, 2.75) is 38.9 Å². The van der Waals surface area contributed by atoms with E-state index in [1.54, 1.807) is 16.6 Å². The Kier molecular flexibility index (Phi) is 3.99. The number of amides is 1. The first-order chi connectivity index (χ1) is 9.24. The summed E-state index contributed by atoms with van der Waals surface area (Å²) in [6.45, 7) is 6.27. The lowest BCUT2D eigenvalue weighted by Gasteiger charge is -2.24. The molecule has 0 unspecified atom stereocenters. The van der Waals surface area contributed by atoms with Crippen molar-refractivity contribution in [3.8, 4) is 0 Å². The van der Waals surface area contributed by atoms with Gasteiger partial charge in [-0.15, -0.1) is 5.10 Å². The van der Waals surface area contributed by atoms with Crippen molar-refractivity contribution in [3.63, 3.8) is 0 Å². The molecule has 0 saturated carbocycles. The lowest BCUT2D eigenvalue weighted by molar-refractivity contribution is 0.0269. The molecule has 2 heterocycles. The van der Waals surface area contributed by atoms with Gasteiger partial charge in [-0.25, -0.2) is 4.79 Å².